The minimum absolute atomic E-state index is 0.0519. The average molecular weight is 511 g/mol. The van der Waals surface area contributed by atoms with Gasteiger partial charge < -0.3 is 19.8 Å². The van der Waals surface area contributed by atoms with Crippen molar-refractivity contribution in [3.8, 4) is 5.75 Å². The summed E-state index contributed by atoms with van der Waals surface area (Å²) in [6.07, 6.45) is -1.14. The van der Waals surface area contributed by atoms with Gasteiger partial charge in [-0.05, 0) is 47.3 Å². The maximum Gasteiger partial charge on any atom is 0.490 e. The Bertz CT molecular complexity index is 1170. The van der Waals surface area contributed by atoms with Crippen LogP contribution in [-0.2, 0) is 9.59 Å². The Morgan fingerprint density at radius 2 is 1.69 bits per heavy atom. The number of carboxylic acids is 1. The molecule has 0 saturated carbocycles. The van der Waals surface area contributed by atoms with E-state index in [0.29, 0.717) is 23.7 Å². The summed E-state index contributed by atoms with van der Waals surface area (Å²) < 4.78 is 37.9. The SMILES string of the molecule is O=C(C(O)c1ccc(Cl)cc1)N1CCC(Oc2ccc3cnccc3c2)CC1.O=C(O)C(F)(F)F. The average Bonchev–Trinajstić information content (AvgIpc) is 2.84. The molecule has 11 heteroatoms. The summed E-state index contributed by atoms with van der Waals surface area (Å²) in [6.45, 7) is 1.12. The third kappa shape index (κ3) is 7.30. The van der Waals surface area contributed by atoms with E-state index in [1.165, 1.54) is 0 Å². The molecular weight excluding hydrogens is 489 g/mol. The van der Waals surface area contributed by atoms with Gasteiger partial charge in [-0.3, -0.25) is 9.78 Å². The lowest BCUT2D eigenvalue weighted by Crippen LogP contribution is -2.43. The number of hydrogen-bond donors (Lipinski definition) is 2. The fourth-order valence-corrected chi connectivity index (χ4v) is 3.61. The highest BCUT2D eigenvalue weighted by molar-refractivity contribution is 6.30. The first-order chi connectivity index (χ1) is 16.5. The van der Waals surface area contributed by atoms with E-state index in [4.69, 9.17) is 26.2 Å². The number of pyridine rings is 1. The molecule has 1 aliphatic rings. The lowest BCUT2D eigenvalue weighted by Gasteiger charge is -2.33. The van der Waals surface area contributed by atoms with Crippen molar-refractivity contribution in [1.82, 2.24) is 9.88 Å². The van der Waals surface area contributed by atoms with E-state index >= 15 is 0 Å². The second-order valence-electron chi connectivity index (χ2n) is 7.78. The van der Waals surface area contributed by atoms with Crippen LogP contribution in [0.4, 0.5) is 13.2 Å². The van der Waals surface area contributed by atoms with E-state index in [-0.39, 0.29) is 12.0 Å². The summed E-state index contributed by atoms with van der Waals surface area (Å²) >= 11 is 5.87. The molecule has 2 heterocycles. The molecule has 4 rings (SSSR count). The standard InChI is InChI=1S/C22H21ClN2O3.C2HF3O2/c23-18-4-1-15(2-5-18)21(26)22(27)25-11-8-19(9-12-25)28-20-6-3-17-14-24-10-7-16(17)13-20;3-2(4,5)1(6)7/h1-7,10,13-14,19,21,26H,8-9,11-12H2;(H,6,7). The predicted octanol–water partition coefficient (Wildman–Crippen LogP) is 4.62. The number of aliphatic carboxylic acids is 1. The molecule has 186 valence electrons. The zero-order chi connectivity index (χ0) is 25.6. The van der Waals surface area contributed by atoms with Gasteiger partial charge in [0, 0.05) is 48.7 Å². The molecule has 35 heavy (non-hydrogen) atoms. The monoisotopic (exact) mass is 510 g/mol. The molecule has 2 N–H and O–H groups in total. The van der Waals surface area contributed by atoms with Crippen molar-refractivity contribution in [2.75, 3.05) is 13.1 Å². The molecule has 7 nitrogen and oxygen atoms in total. The number of halogens is 4. The minimum Gasteiger partial charge on any atom is -0.490 e. The van der Waals surface area contributed by atoms with Gasteiger partial charge in [0.25, 0.3) is 5.91 Å². The maximum absolute atomic E-state index is 12.6. The van der Waals surface area contributed by atoms with Crippen molar-refractivity contribution in [1.29, 1.82) is 0 Å². The minimum atomic E-state index is -5.08. The van der Waals surface area contributed by atoms with Crippen LogP contribution in [0.1, 0.15) is 24.5 Å². The number of benzene rings is 2. The number of carbonyl (C=O) groups excluding carboxylic acids is 1. The number of carboxylic acid groups (broad SMARTS) is 1. The van der Waals surface area contributed by atoms with Crippen LogP contribution < -0.4 is 4.74 Å². The molecule has 1 unspecified atom stereocenters. The highest BCUT2D eigenvalue weighted by atomic mass is 35.5. The lowest BCUT2D eigenvalue weighted by atomic mass is 10.0. The summed E-state index contributed by atoms with van der Waals surface area (Å²) in [4.78, 5) is 27.3. The van der Waals surface area contributed by atoms with Crippen LogP contribution in [0.3, 0.4) is 0 Å². The van der Waals surface area contributed by atoms with Gasteiger partial charge in [0.15, 0.2) is 6.10 Å². The van der Waals surface area contributed by atoms with E-state index in [2.05, 4.69) is 4.98 Å². The number of aliphatic hydroxyl groups excluding tert-OH is 1. The van der Waals surface area contributed by atoms with Gasteiger partial charge in [0.2, 0.25) is 0 Å². The molecule has 1 amide bonds. The zero-order valence-corrected chi connectivity index (χ0v) is 19.0. The second kappa shape index (κ2) is 11.4. The first kappa shape index (κ1) is 26.2. The predicted molar refractivity (Wildman–Crippen MR) is 122 cm³/mol. The Labute approximate surface area is 203 Å². The number of carbonyl (C=O) groups is 2. The Morgan fingerprint density at radius 3 is 2.29 bits per heavy atom. The molecule has 2 aromatic carbocycles. The van der Waals surface area contributed by atoms with Crippen molar-refractivity contribution < 1.29 is 37.7 Å². The van der Waals surface area contributed by atoms with E-state index in [1.54, 1.807) is 35.4 Å². The van der Waals surface area contributed by atoms with Crippen LogP contribution in [0.2, 0.25) is 5.02 Å². The van der Waals surface area contributed by atoms with E-state index < -0.39 is 18.2 Å². The Hall–Kier alpha value is -3.37. The van der Waals surface area contributed by atoms with Crippen LogP contribution in [0.5, 0.6) is 5.75 Å². The number of amides is 1. The number of piperidine rings is 1. The highest BCUT2D eigenvalue weighted by Gasteiger charge is 2.38. The normalized spacial score (nSPS) is 15.2. The summed E-state index contributed by atoms with van der Waals surface area (Å²) in [5, 5.41) is 20.2. The van der Waals surface area contributed by atoms with Gasteiger partial charge in [0.1, 0.15) is 11.9 Å². The van der Waals surface area contributed by atoms with Crippen LogP contribution in [-0.4, -0.2) is 57.3 Å². The topological polar surface area (TPSA) is 100.0 Å². The zero-order valence-electron chi connectivity index (χ0n) is 18.3. The largest absolute Gasteiger partial charge is 0.490 e. The second-order valence-corrected chi connectivity index (χ2v) is 8.22. The Kier molecular flexibility index (Phi) is 8.52. The van der Waals surface area contributed by atoms with Gasteiger partial charge in [-0.25, -0.2) is 4.79 Å². The van der Waals surface area contributed by atoms with E-state index in [0.717, 1.165) is 29.4 Å². The first-order valence-electron chi connectivity index (χ1n) is 10.6. The molecular formula is C24H22ClF3N2O5. The Balaban J connectivity index is 0.000000429. The summed E-state index contributed by atoms with van der Waals surface area (Å²) in [6, 6.07) is 14.6. The molecule has 1 saturated heterocycles. The fourth-order valence-electron chi connectivity index (χ4n) is 3.48. The van der Waals surface area contributed by atoms with Crippen LogP contribution >= 0.6 is 11.6 Å². The number of hydrogen-bond acceptors (Lipinski definition) is 5. The van der Waals surface area contributed by atoms with Gasteiger partial charge >= 0.3 is 12.1 Å². The van der Waals surface area contributed by atoms with Crippen LogP contribution in [0.15, 0.2) is 60.9 Å². The van der Waals surface area contributed by atoms with Gasteiger partial charge in [-0.1, -0.05) is 23.7 Å². The maximum atomic E-state index is 12.6. The van der Waals surface area contributed by atoms with Crippen LogP contribution in [0, 0.1) is 0 Å². The third-order valence-electron chi connectivity index (χ3n) is 5.33. The number of rotatable bonds is 4. The number of nitrogens with zero attached hydrogens (tertiary/aromatic N) is 2. The summed E-state index contributed by atoms with van der Waals surface area (Å²) in [5.74, 6) is -2.21. The number of ether oxygens (including phenoxy) is 1. The molecule has 1 fully saturated rings. The molecule has 3 aromatic rings. The van der Waals surface area contributed by atoms with Crippen molar-refractivity contribution in [2.24, 2.45) is 0 Å². The van der Waals surface area contributed by atoms with Crippen molar-refractivity contribution in [2.45, 2.75) is 31.2 Å². The molecule has 0 spiro atoms. The fraction of sp³-hybridized carbons (Fsp3) is 0.292. The van der Waals surface area contributed by atoms with E-state index in [1.807, 2.05) is 30.5 Å². The van der Waals surface area contributed by atoms with Crippen molar-refractivity contribution >= 4 is 34.2 Å². The van der Waals surface area contributed by atoms with Crippen molar-refractivity contribution in [3.63, 3.8) is 0 Å². The Morgan fingerprint density at radius 1 is 1.06 bits per heavy atom. The number of aliphatic hydroxyl groups is 1. The van der Waals surface area contributed by atoms with Gasteiger partial charge in [0.05, 0.1) is 0 Å². The number of fused-ring (bicyclic) bond motifs is 1. The quantitative estimate of drug-likeness (QED) is 0.531. The summed E-state index contributed by atoms with van der Waals surface area (Å²) in [7, 11) is 0. The number of aromatic nitrogens is 1. The molecule has 1 aliphatic heterocycles. The smallest absolute Gasteiger partial charge is 0.490 e. The third-order valence-corrected chi connectivity index (χ3v) is 5.58. The molecule has 0 bridgehead atoms. The van der Waals surface area contributed by atoms with Crippen LogP contribution in [0.25, 0.3) is 10.8 Å². The van der Waals surface area contributed by atoms with Gasteiger partial charge in [-0.2, -0.15) is 13.2 Å². The number of alkyl halides is 3. The van der Waals surface area contributed by atoms with E-state index in [9.17, 15) is 23.1 Å². The van der Waals surface area contributed by atoms with Crippen molar-refractivity contribution in [3.05, 3.63) is 71.5 Å². The number of likely N-dealkylation sites (tertiary alicyclic amines) is 1. The molecule has 0 radical (unpaired) electrons. The summed E-state index contributed by atoms with van der Waals surface area (Å²) in [5.41, 5.74) is 0.554. The lowest BCUT2D eigenvalue weighted by molar-refractivity contribution is -0.192. The molecule has 0 aliphatic carbocycles. The first-order valence-corrected chi connectivity index (χ1v) is 11.0. The van der Waals surface area contributed by atoms with Gasteiger partial charge in [-0.15, -0.1) is 0 Å². The molecule has 1 atom stereocenters. The highest BCUT2D eigenvalue weighted by Crippen LogP contribution is 2.25. The molecule has 1 aromatic heterocycles.